The molecular formula is C15H21N3O2S. The van der Waals surface area contributed by atoms with Crippen LogP contribution in [0.4, 0.5) is 0 Å². The highest BCUT2D eigenvalue weighted by Gasteiger charge is 2.33. The molecule has 1 heterocycles. The molecule has 1 aliphatic rings. The van der Waals surface area contributed by atoms with E-state index in [4.69, 9.17) is 5.73 Å². The van der Waals surface area contributed by atoms with Crippen LogP contribution >= 0.6 is 0 Å². The van der Waals surface area contributed by atoms with Gasteiger partial charge in [0.25, 0.3) is 0 Å². The molecule has 1 aromatic carbocycles. The molecule has 0 spiro atoms. The molecule has 2 atom stereocenters. The zero-order valence-corrected chi connectivity index (χ0v) is 13.0. The molecule has 21 heavy (non-hydrogen) atoms. The summed E-state index contributed by atoms with van der Waals surface area (Å²) in [6.45, 7) is 0.596. The summed E-state index contributed by atoms with van der Waals surface area (Å²) >= 11 is 0. The summed E-state index contributed by atoms with van der Waals surface area (Å²) in [7, 11) is -0.993. The van der Waals surface area contributed by atoms with Crippen molar-refractivity contribution in [2.75, 3.05) is 25.1 Å². The first-order valence-corrected chi connectivity index (χ1v) is 8.85. The predicted molar refractivity (Wildman–Crippen MR) is 82.2 cm³/mol. The Morgan fingerprint density at radius 3 is 2.62 bits per heavy atom. The Labute approximate surface area is 126 Å². The first-order chi connectivity index (χ1) is 9.86. The largest absolute Gasteiger partial charge is 0.310 e. The Hall–Kier alpha value is -1.42. The Morgan fingerprint density at radius 2 is 2.10 bits per heavy atom. The van der Waals surface area contributed by atoms with Crippen LogP contribution in [-0.2, 0) is 15.4 Å². The lowest BCUT2D eigenvalue weighted by atomic mass is 9.89. The second-order valence-electron chi connectivity index (χ2n) is 5.74. The van der Waals surface area contributed by atoms with Gasteiger partial charge in [-0.1, -0.05) is 30.3 Å². The summed E-state index contributed by atoms with van der Waals surface area (Å²) in [5.41, 5.74) is 5.97. The maximum absolute atomic E-state index is 11.5. The summed E-state index contributed by atoms with van der Waals surface area (Å²) in [6, 6.07) is 11.5. The van der Waals surface area contributed by atoms with Crippen molar-refractivity contribution in [3.8, 4) is 6.07 Å². The molecule has 1 aromatic rings. The maximum Gasteiger partial charge on any atom is 0.151 e. The van der Waals surface area contributed by atoms with Crippen molar-refractivity contribution in [1.29, 1.82) is 5.26 Å². The fraction of sp³-hybridized carbons (Fsp3) is 0.533. The lowest BCUT2D eigenvalue weighted by molar-refractivity contribution is 0.243. The van der Waals surface area contributed by atoms with Crippen LogP contribution in [0.3, 0.4) is 0 Å². The van der Waals surface area contributed by atoms with Crippen molar-refractivity contribution >= 4 is 9.84 Å². The molecule has 0 aliphatic carbocycles. The van der Waals surface area contributed by atoms with Crippen LogP contribution in [0.1, 0.15) is 18.4 Å². The number of nitrogens with zero attached hydrogens (tertiary/aromatic N) is 2. The number of hydrogen-bond donors (Lipinski definition) is 1. The van der Waals surface area contributed by atoms with Crippen LogP contribution < -0.4 is 5.73 Å². The van der Waals surface area contributed by atoms with Gasteiger partial charge in [-0.25, -0.2) is 8.42 Å². The van der Waals surface area contributed by atoms with Gasteiger partial charge in [-0.3, -0.25) is 0 Å². The first-order valence-electron chi connectivity index (χ1n) is 7.03. The molecule has 1 saturated heterocycles. The summed E-state index contributed by atoms with van der Waals surface area (Å²) in [4.78, 5) is 2.01. The van der Waals surface area contributed by atoms with Gasteiger partial charge in [-0.05, 0) is 25.5 Å². The minimum atomic E-state index is -2.89. The molecule has 1 fully saturated rings. The SMILES string of the molecule is CN(CCC(N)(C#N)c1ccccc1)C1CCS(=O)(=O)C1. The van der Waals surface area contributed by atoms with E-state index in [1.165, 1.54) is 0 Å². The van der Waals surface area contributed by atoms with Gasteiger partial charge >= 0.3 is 0 Å². The van der Waals surface area contributed by atoms with Crippen molar-refractivity contribution in [2.24, 2.45) is 5.73 Å². The van der Waals surface area contributed by atoms with E-state index in [9.17, 15) is 13.7 Å². The lowest BCUT2D eigenvalue weighted by Crippen LogP contribution is -2.41. The monoisotopic (exact) mass is 307 g/mol. The Bertz CT molecular complexity index is 624. The van der Waals surface area contributed by atoms with Crippen molar-refractivity contribution < 1.29 is 8.42 Å². The second-order valence-corrected chi connectivity index (χ2v) is 7.97. The Morgan fingerprint density at radius 1 is 1.43 bits per heavy atom. The average molecular weight is 307 g/mol. The number of hydrogen-bond acceptors (Lipinski definition) is 5. The number of nitrogens with two attached hydrogens (primary N) is 1. The van der Waals surface area contributed by atoms with Gasteiger partial charge in [0.05, 0.1) is 17.6 Å². The van der Waals surface area contributed by atoms with Crippen LogP contribution in [0.5, 0.6) is 0 Å². The van der Waals surface area contributed by atoms with Crippen LogP contribution in [0, 0.1) is 11.3 Å². The highest BCUT2D eigenvalue weighted by Crippen LogP contribution is 2.23. The standard InChI is InChI=1S/C15H21N3O2S/c1-18(14-7-10-21(19,20)11-14)9-8-15(17,12-16)13-5-3-2-4-6-13/h2-6,14H,7-11,17H2,1H3. The molecule has 0 bridgehead atoms. The van der Waals surface area contributed by atoms with Gasteiger partial charge in [0.15, 0.2) is 9.84 Å². The third-order valence-electron chi connectivity index (χ3n) is 4.18. The average Bonchev–Trinajstić information content (AvgIpc) is 2.85. The van der Waals surface area contributed by atoms with Crippen LogP contribution in [0.25, 0.3) is 0 Å². The Balaban J connectivity index is 2.00. The fourth-order valence-corrected chi connectivity index (χ4v) is 4.46. The number of rotatable bonds is 5. The van der Waals surface area contributed by atoms with Gasteiger partial charge in [0.1, 0.15) is 5.54 Å². The lowest BCUT2D eigenvalue weighted by Gasteiger charge is -2.28. The smallest absolute Gasteiger partial charge is 0.151 e. The van der Waals surface area contributed by atoms with Gasteiger partial charge in [0, 0.05) is 12.6 Å². The zero-order chi connectivity index (χ0) is 15.5. The van der Waals surface area contributed by atoms with E-state index in [0.29, 0.717) is 19.4 Å². The van der Waals surface area contributed by atoms with E-state index in [1.807, 2.05) is 42.3 Å². The first kappa shape index (κ1) is 16.0. The number of nitriles is 1. The van der Waals surface area contributed by atoms with Gasteiger partial charge < -0.3 is 10.6 Å². The molecule has 0 radical (unpaired) electrons. The third-order valence-corrected chi connectivity index (χ3v) is 5.93. The van der Waals surface area contributed by atoms with Gasteiger partial charge in [-0.2, -0.15) is 5.26 Å². The minimum absolute atomic E-state index is 0.0358. The minimum Gasteiger partial charge on any atom is -0.310 e. The molecular weight excluding hydrogens is 286 g/mol. The molecule has 2 unspecified atom stereocenters. The summed E-state index contributed by atoms with van der Waals surface area (Å²) < 4.78 is 23.0. The molecule has 1 aliphatic heterocycles. The van der Waals surface area contributed by atoms with E-state index < -0.39 is 15.4 Å². The van der Waals surface area contributed by atoms with Crippen molar-refractivity contribution in [3.63, 3.8) is 0 Å². The molecule has 2 rings (SSSR count). The van der Waals surface area contributed by atoms with Crippen LogP contribution in [-0.4, -0.2) is 44.5 Å². The molecule has 0 amide bonds. The zero-order valence-electron chi connectivity index (χ0n) is 12.2. The summed E-state index contributed by atoms with van der Waals surface area (Å²) in [6.07, 6.45) is 1.13. The quantitative estimate of drug-likeness (QED) is 0.872. The Kier molecular flexibility index (Phi) is 4.67. The van der Waals surface area contributed by atoms with Gasteiger partial charge in [-0.15, -0.1) is 0 Å². The van der Waals surface area contributed by atoms with Crippen LogP contribution in [0.15, 0.2) is 30.3 Å². The van der Waals surface area contributed by atoms with E-state index in [1.54, 1.807) is 0 Å². The summed E-state index contributed by atoms with van der Waals surface area (Å²) in [5, 5.41) is 9.41. The number of sulfone groups is 1. The maximum atomic E-state index is 11.5. The second kappa shape index (κ2) is 6.14. The molecule has 0 aromatic heterocycles. The molecule has 5 nitrogen and oxygen atoms in total. The highest BCUT2D eigenvalue weighted by atomic mass is 32.2. The fourth-order valence-electron chi connectivity index (χ4n) is 2.66. The predicted octanol–water partition coefficient (Wildman–Crippen LogP) is 0.873. The van der Waals surface area contributed by atoms with E-state index in [0.717, 1.165) is 5.56 Å². The normalized spacial score (nSPS) is 23.6. The molecule has 114 valence electrons. The molecule has 2 N–H and O–H groups in total. The summed E-state index contributed by atoms with van der Waals surface area (Å²) in [5.74, 6) is 0.464. The van der Waals surface area contributed by atoms with Crippen molar-refractivity contribution in [1.82, 2.24) is 4.90 Å². The highest BCUT2D eigenvalue weighted by molar-refractivity contribution is 7.91. The number of benzene rings is 1. The molecule has 0 saturated carbocycles. The van der Waals surface area contributed by atoms with E-state index in [2.05, 4.69) is 6.07 Å². The van der Waals surface area contributed by atoms with Crippen molar-refractivity contribution in [2.45, 2.75) is 24.4 Å². The van der Waals surface area contributed by atoms with E-state index in [-0.39, 0.29) is 17.5 Å². The van der Waals surface area contributed by atoms with E-state index >= 15 is 0 Å². The van der Waals surface area contributed by atoms with Crippen LogP contribution in [0.2, 0.25) is 0 Å². The topological polar surface area (TPSA) is 87.2 Å². The molecule has 6 heteroatoms. The third kappa shape index (κ3) is 3.82. The van der Waals surface area contributed by atoms with Gasteiger partial charge in [0.2, 0.25) is 0 Å². The van der Waals surface area contributed by atoms with Crippen molar-refractivity contribution in [3.05, 3.63) is 35.9 Å².